The quantitative estimate of drug-likeness (QED) is 0.0949. The Morgan fingerprint density at radius 2 is 1.66 bits per heavy atom. The minimum Gasteiger partial charge on any atom is -0.388 e. The number of imidazole rings is 1. The molecule has 8 rings (SSSR count). The first-order chi connectivity index (χ1) is 27.9. The number of aliphatic hydroxyl groups is 2. The molecule has 19 heteroatoms. The van der Waals surface area contributed by atoms with Gasteiger partial charge in [-0.05, 0) is 49.1 Å². The second kappa shape index (κ2) is 15.7. The molecule has 3 aromatic carbocycles. The van der Waals surface area contributed by atoms with E-state index in [1.54, 1.807) is 17.6 Å². The summed E-state index contributed by atoms with van der Waals surface area (Å²) in [6.45, 7) is 2.80. The molecular formula is C39H43N11O7S. The number of primary sulfonamides is 1. The largest absolute Gasteiger partial charge is 0.388 e. The highest BCUT2D eigenvalue weighted by Crippen LogP contribution is 2.38. The van der Waals surface area contributed by atoms with Gasteiger partial charge in [0.15, 0.2) is 17.0 Å². The van der Waals surface area contributed by atoms with Crippen molar-refractivity contribution in [2.24, 2.45) is 5.14 Å². The number of imide groups is 1. The number of urea groups is 2. The van der Waals surface area contributed by atoms with Crippen LogP contribution in [0.25, 0.3) is 11.2 Å². The van der Waals surface area contributed by atoms with Gasteiger partial charge in [0.05, 0.1) is 23.3 Å². The number of hydrogen-bond acceptors (Lipinski definition) is 12. The van der Waals surface area contributed by atoms with E-state index in [1.807, 2.05) is 41.3 Å². The highest BCUT2D eigenvalue weighted by molar-refractivity contribution is 7.89. The topological polar surface area (TPSA) is 250 Å². The lowest BCUT2D eigenvalue weighted by atomic mass is 9.91. The number of aromatic nitrogens is 4. The first-order valence-electron chi connectivity index (χ1n) is 18.9. The number of fused-ring (bicyclic) bond motifs is 1. The Kier molecular flexibility index (Phi) is 10.4. The van der Waals surface area contributed by atoms with Crippen LogP contribution in [0, 0.1) is 0 Å². The van der Waals surface area contributed by atoms with Crippen molar-refractivity contribution in [1.29, 1.82) is 0 Å². The van der Waals surface area contributed by atoms with Gasteiger partial charge in [-0.25, -0.2) is 28.1 Å². The van der Waals surface area contributed by atoms with Crippen LogP contribution in [0.15, 0.2) is 96.2 Å². The molecule has 0 spiro atoms. The van der Waals surface area contributed by atoms with Gasteiger partial charge in [-0.1, -0.05) is 66.7 Å². The Hall–Kier alpha value is -6.15. The Morgan fingerprint density at radius 1 is 0.966 bits per heavy atom. The highest BCUT2D eigenvalue weighted by atomic mass is 32.2. The van der Waals surface area contributed by atoms with E-state index in [1.165, 1.54) is 24.5 Å². The Bertz CT molecular complexity index is 2410. The van der Waals surface area contributed by atoms with Crippen LogP contribution >= 0.6 is 0 Å². The van der Waals surface area contributed by atoms with Crippen LogP contribution in [0.1, 0.15) is 42.9 Å². The van der Waals surface area contributed by atoms with Crippen molar-refractivity contribution < 1.29 is 33.0 Å². The van der Waals surface area contributed by atoms with E-state index in [0.29, 0.717) is 49.0 Å². The molecule has 3 fully saturated rings. The van der Waals surface area contributed by atoms with Crippen molar-refractivity contribution in [3.8, 4) is 0 Å². The van der Waals surface area contributed by atoms with Gasteiger partial charge in [-0.3, -0.25) is 9.69 Å². The van der Waals surface area contributed by atoms with Gasteiger partial charge in [-0.15, -0.1) is 0 Å². The number of nitrogens with two attached hydrogens (primary N) is 1. The zero-order valence-corrected chi connectivity index (χ0v) is 32.2. The molecule has 3 aliphatic rings. The fraction of sp³-hybridized carbons (Fsp3) is 0.333. The number of anilines is 3. The normalized spacial score (nSPS) is 23.5. The number of sulfonamides is 1. The fourth-order valence-corrected chi connectivity index (χ4v) is 8.59. The highest BCUT2D eigenvalue weighted by Gasteiger charge is 2.51. The van der Waals surface area contributed by atoms with Gasteiger partial charge in [0.25, 0.3) is 5.91 Å². The zero-order chi connectivity index (χ0) is 40.7. The van der Waals surface area contributed by atoms with Gasteiger partial charge in [-0.2, -0.15) is 9.97 Å². The summed E-state index contributed by atoms with van der Waals surface area (Å²) in [5.74, 6) is 0.196. The first kappa shape index (κ1) is 38.7. The van der Waals surface area contributed by atoms with Crippen LogP contribution in [0.3, 0.4) is 0 Å². The molecule has 8 N–H and O–H groups in total. The maximum Gasteiger partial charge on any atom is 0.325 e. The van der Waals surface area contributed by atoms with Gasteiger partial charge < -0.3 is 40.9 Å². The smallest absolute Gasteiger partial charge is 0.325 e. The number of amides is 5. The number of nitrogens with one attached hydrogen (secondary N) is 4. The monoisotopic (exact) mass is 809 g/mol. The lowest BCUT2D eigenvalue weighted by molar-refractivity contribution is -0.130. The predicted octanol–water partition coefficient (Wildman–Crippen LogP) is 2.09. The molecule has 0 radical (unpaired) electrons. The minimum atomic E-state index is -3.96. The lowest BCUT2D eigenvalue weighted by Crippen LogP contribution is -2.47. The van der Waals surface area contributed by atoms with Crippen molar-refractivity contribution in [2.45, 2.75) is 67.0 Å². The van der Waals surface area contributed by atoms with Crippen LogP contribution in [0.4, 0.5) is 27.0 Å². The number of carbonyl (C=O) groups is 3. The van der Waals surface area contributed by atoms with Crippen molar-refractivity contribution in [3.05, 3.63) is 102 Å². The number of nitrogens with zero attached hydrogens (tertiary/aromatic N) is 6. The molecule has 5 aromatic rings. The molecule has 2 aliphatic heterocycles. The number of rotatable bonds is 11. The molecule has 4 heterocycles. The number of aliphatic hydroxyl groups excluding tert-OH is 2. The summed E-state index contributed by atoms with van der Waals surface area (Å²) < 4.78 is 25.3. The van der Waals surface area contributed by atoms with Crippen LogP contribution < -0.4 is 31.3 Å². The molecule has 1 saturated carbocycles. The van der Waals surface area contributed by atoms with Gasteiger partial charge in [0, 0.05) is 37.3 Å². The first-order valence-corrected chi connectivity index (χ1v) is 20.4. The van der Waals surface area contributed by atoms with E-state index >= 15 is 0 Å². The maximum atomic E-state index is 13.0. The Morgan fingerprint density at radius 3 is 2.31 bits per heavy atom. The summed E-state index contributed by atoms with van der Waals surface area (Å²) in [7, 11) is -3.96. The lowest BCUT2D eigenvalue weighted by Gasteiger charge is -2.24. The number of carbonyl (C=O) groups excluding carboxylic acids is 3. The predicted molar refractivity (Wildman–Crippen MR) is 213 cm³/mol. The van der Waals surface area contributed by atoms with Crippen molar-refractivity contribution in [2.75, 3.05) is 35.2 Å². The molecule has 58 heavy (non-hydrogen) atoms. The number of benzene rings is 3. The van der Waals surface area contributed by atoms with E-state index in [4.69, 9.17) is 15.1 Å². The van der Waals surface area contributed by atoms with E-state index in [9.17, 15) is 33.0 Å². The Balaban J connectivity index is 1.09. The van der Waals surface area contributed by atoms with Crippen molar-refractivity contribution in [3.63, 3.8) is 0 Å². The summed E-state index contributed by atoms with van der Waals surface area (Å²) >= 11 is 0. The van der Waals surface area contributed by atoms with Crippen molar-refractivity contribution >= 4 is 56.6 Å². The third kappa shape index (κ3) is 7.63. The molecule has 6 atom stereocenters. The summed E-state index contributed by atoms with van der Waals surface area (Å²) in [5, 5.41) is 39.5. The fourth-order valence-electron chi connectivity index (χ4n) is 8.03. The van der Waals surface area contributed by atoms with Gasteiger partial charge in [0.2, 0.25) is 16.0 Å². The third-order valence-electron chi connectivity index (χ3n) is 11.0. The molecule has 18 nitrogen and oxygen atoms in total. The van der Waals surface area contributed by atoms with Crippen molar-refractivity contribution in [1.82, 2.24) is 35.1 Å². The second-order valence-electron chi connectivity index (χ2n) is 14.8. The summed E-state index contributed by atoms with van der Waals surface area (Å²) in [6, 6.07) is 21.7. The molecule has 1 aliphatic carbocycles. The maximum absolute atomic E-state index is 13.0. The number of hydrogen-bond donors (Lipinski definition) is 7. The summed E-state index contributed by atoms with van der Waals surface area (Å²) in [5.41, 5.74) is 3.20. The van der Waals surface area contributed by atoms with Crippen LogP contribution in [0.5, 0.6) is 0 Å². The second-order valence-corrected chi connectivity index (χ2v) is 16.3. The zero-order valence-electron chi connectivity index (χ0n) is 31.3. The van der Waals surface area contributed by atoms with E-state index in [-0.39, 0.29) is 29.0 Å². The van der Waals surface area contributed by atoms with E-state index in [2.05, 4.69) is 50.5 Å². The van der Waals surface area contributed by atoms with E-state index < -0.39 is 58.3 Å². The SMILES string of the molecule is C[C@@H]1NC(=O)N([C@H]2C[C@@H](n3cnc4c(NCC(c5ccccc5)c5ccccc5)nc(N5CC[C@@H](NC(=O)Nc6cccc(S(N)(=O)=O)c6)C5)nc43)[C@H](O)[C@@H]2O)C1=O. The van der Waals surface area contributed by atoms with Crippen LogP contribution in [-0.2, 0) is 14.8 Å². The summed E-state index contributed by atoms with van der Waals surface area (Å²) in [4.78, 5) is 56.0. The average molecular weight is 810 g/mol. The molecular weight excluding hydrogens is 767 g/mol. The van der Waals surface area contributed by atoms with Gasteiger partial charge >= 0.3 is 12.1 Å². The average Bonchev–Trinajstić information content (AvgIpc) is 3.98. The van der Waals surface area contributed by atoms with Crippen LogP contribution in [0.2, 0.25) is 0 Å². The molecule has 2 aromatic heterocycles. The molecule has 0 bridgehead atoms. The van der Waals surface area contributed by atoms with Gasteiger partial charge in [0.1, 0.15) is 18.2 Å². The Labute approximate surface area is 333 Å². The minimum absolute atomic E-state index is 0.0524. The third-order valence-corrected chi connectivity index (χ3v) is 11.9. The molecule has 302 valence electrons. The van der Waals surface area contributed by atoms with E-state index in [0.717, 1.165) is 16.0 Å². The van der Waals surface area contributed by atoms with Crippen LogP contribution in [-0.4, -0.2) is 111 Å². The molecule has 5 amide bonds. The molecule has 0 unspecified atom stereocenters. The standard InChI is InChI=1S/C39H43N11O7S/c1-22-36(53)50(39(55)43-22)30-18-29(32(51)33(30)52)49-21-42-31-34(41-19-28(23-9-4-2-5-10-23)24-11-6-3-7-12-24)46-37(47-35(31)49)48-16-15-26(20-48)45-38(54)44-25-13-8-14-27(17-25)58(40,56)57/h2-14,17,21-22,26,28-30,32-33,51-52H,15-16,18-20H2,1H3,(H,43,55)(H2,40,56,57)(H,41,46,47)(H2,44,45,54)/t22-,26+,29+,30-,32-,33+/m0/s1. The molecule has 2 saturated heterocycles. The summed E-state index contributed by atoms with van der Waals surface area (Å²) in [6.07, 6.45) is -0.674.